The molecule has 0 unspecified atom stereocenters. The number of aromatic carboxylic acids is 1. The summed E-state index contributed by atoms with van der Waals surface area (Å²) in [4.78, 5) is 34.8. The molecule has 0 heterocycles. The minimum absolute atomic E-state index is 0.0423. The number of anilines is 1. The topological polar surface area (TPSA) is 137 Å². The van der Waals surface area contributed by atoms with E-state index in [9.17, 15) is 19.5 Å². The zero-order valence-corrected chi connectivity index (χ0v) is 24.0. The Kier molecular flexibility index (Phi) is 20.2. The summed E-state index contributed by atoms with van der Waals surface area (Å²) < 4.78 is 5.39. The third kappa shape index (κ3) is 19.6. The Hall–Kier alpha value is -4.11. The van der Waals surface area contributed by atoms with Crippen molar-refractivity contribution in [2.45, 2.75) is 58.3 Å². The Morgan fingerprint density at radius 3 is 2.00 bits per heavy atom. The maximum Gasteiger partial charge on any atom is 0.339 e. The van der Waals surface area contributed by atoms with Crippen molar-refractivity contribution >= 4 is 23.6 Å². The summed E-state index contributed by atoms with van der Waals surface area (Å²) in [6.07, 6.45) is 29.6. The van der Waals surface area contributed by atoms with Crippen LogP contribution in [0.2, 0.25) is 0 Å². The zero-order chi connectivity index (χ0) is 30.0. The predicted octanol–water partition coefficient (Wildman–Crippen LogP) is 6.27. The maximum atomic E-state index is 11.9. The number of allylic oxidation sites excluding steroid dienone is 10. The molecule has 0 aliphatic heterocycles. The largest absolute Gasteiger partial charge is 0.507 e. The van der Waals surface area contributed by atoms with E-state index in [1.165, 1.54) is 12.1 Å². The van der Waals surface area contributed by atoms with Gasteiger partial charge < -0.3 is 30.9 Å². The molecular weight excluding hydrogens is 522 g/mol. The van der Waals surface area contributed by atoms with Crippen LogP contribution in [0.3, 0.4) is 0 Å². The molecule has 224 valence electrons. The van der Waals surface area contributed by atoms with E-state index in [4.69, 9.17) is 9.84 Å². The minimum Gasteiger partial charge on any atom is -0.507 e. The van der Waals surface area contributed by atoms with Gasteiger partial charge in [0.15, 0.2) is 0 Å². The van der Waals surface area contributed by atoms with Crippen LogP contribution in [0, 0.1) is 0 Å². The van der Waals surface area contributed by atoms with Crippen molar-refractivity contribution in [3.8, 4) is 5.75 Å². The number of carbonyl (C=O) groups excluding carboxylic acids is 2. The predicted molar refractivity (Wildman–Crippen MR) is 164 cm³/mol. The number of carbonyl (C=O) groups is 3. The lowest BCUT2D eigenvalue weighted by atomic mass is 10.2. The van der Waals surface area contributed by atoms with Gasteiger partial charge in [-0.1, -0.05) is 67.7 Å². The van der Waals surface area contributed by atoms with E-state index in [0.717, 1.165) is 57.4 Å². The number of hydrogen-bond donors (Lipinski definition) is 5. The van der Waals surface area contributed by atoms with Crippen molar-refractivity contribution in [2.24, 2.45) is 0 Å². The molecule has 9 nitrogen and oxygen atoms in total. The summed E-state index contributed by atoms with van der Waals surface area (Å²) in [5.74, 6) is -1.96. The summed E-state index contributed by atoms with van der Waals surface area (Å²) >= 11 is 0. The van der Waals surface area contributed by atoms with E-state index in [1.54, 1.807) is 0 Å². The monoisotopic (exact) mass is 567 g/mol. The molecule has 1 aromatic rings. The van der Waals surface area contributed by atoms with E-state index in [2.05, 4.69) is 83.6 Å². The smallest absolute Gasteiger partial charge is 0.339 e. The molecule has 0 bridgehead atoms. The first kappa shape index (κ1) is 34.9. The highest BCUT2D eigenvalue weighted by atomic mass is 16.5. The van der Waals surface area contributed by atoms with Crippen LogP contribution in [0.5, 0.6) is 5.75 Å². The van der Waals surface area contributed by atoms with E-state index in [-0.39, 0.29) is 36.9 Å². The average molecular weight is 568 g/mol. The molecule has 0 spiro atoms. The number of unbranched alkanes of at least 4 members (excludes halogenated alkanes) is 2. The van der Waals surface area contributed by atoms with Gasteiger partial charge in [-0.25, -0.2) is 9.59 Å². The third-order valence-electron chi connectivity index (χ3n) is 5.52. The van der Waals surface area contributed by atoms with Gasteiger partial charge in [0.25, 0.3) is 0 Å². The summed E-state index contributed by atoms with van der Waals surface area (Å²) in [7, 11) is 0. The number of rotatable bonds is 21. The number of urea groups is 1. The van der Waals surface area contributed by atoms with Crippen LogP contribution >= 0.6 is 0 Å². The first-order chi connectivity index (χ1) is 19.9. The molecule has 1 aromatic carbocycles. The minimum atomic E-state index is -1.30. The molecule has 3 amide bonds. The fourth-order valence-corrected chi connectivity index (χ4v) is 3.39. The van der Waals surface area contributed by atoms with Crippen LogP contribution in [0.25, 0.3) is 0 Å². The molecule has 0 radical (unpaired) electrons. The van der Waals surface area contributed by atoms with Crippen molar-refractivity contribution in [2.75, 3.05) is 31.6 Å². The van der Waals surface area contributed by atoms with Crippen molar-refractivity contribution < 1.29 is 29.3 Å². The number of amides is 3. The number of ether oxygens (including phenoxy) is 1. The quantitative estimate of drug-likeness (QED) is 0.0675. The molecule has 0 aliphatic rings. The van der Waals surface area contributed by atoms with Crippen LogP contribution in [0.1, 0.15) is 68.6 Å². The number of hydrogen-bond acceptors (Lipinski definition) is 5. The van der Waals surface area contributed by atoms with Crippen molar-refractivity contribution in [1.29, 1.82) is 0 Å². The highest BCUT2D eigenvalue weighted by molar-refractivity contribution is 5.95. The van der Waals surface area contributed by atoms with Crippen LogP contribution in [0.4, 0.5) is 10.5 Å². The Balaban J connectivity index is 1.97. The molecule has 0 saturated heterocycles. The van der Waals surface area contributed by atoms with Gasteiger partial charge >= 0.3 is 12.0 Å². The fourth-order valence-electron chi connectivity index (χ4n) is 3.39. The Bertz CT molecular complexity index is 1060. The molecule has 0 atom stereocenters. The second kappa shape index (κ2) is 23.7. The van der Waals surface area contributed by atoms with Gasteiger partial charge in [-0.2, -0.15) is 0 Å². The number of nitrogens with one attached hydrogen (secondary N) is 3. The summed E-state index contributed by atoms with van der Waals surface area (Å²) in [5.41, 5.74) is -0.0966. The Labute approximate surface area is 243 Å². The fraction of sp³-hybridized carbons (Fsp3) is 0.406. The normalized spacial score (nSPS) is 11.8. The van der Waals surface area contributed by atoms with Gasteiger partial charge in [0.1, 0.15) is 17.9 Å². The molecule has 0 aromatic heterocycles. The van der Waals surface area contributed by atoms with Gasteiger partial charge in [-0.05, 0) is 69.6 Å². The van der Waals surface area contributed by atoms with Gasteiger partial charge in [-0.3, -0.25) is 4.79 Å². The van der Waals surface area contributed by atoms with E-state index >= 15 is 0 Å². The lowest BCUT2D eigenvalue weighted by Gasteiger charge is -2.10. The van der Waals surface area contributed by atoms with Crippen LogP contribution in [-0.4, -0.2) is 54.4 Å². The SMILES string of the molecule is CC/C=C\C/C=C\C/C=C\C/C=C\C/C=C\CCCCOCC(=O)NCCNC(=O)Nc1ccc(O)c(C(=O)O)c1. The lowest BCUT2D eigenvalue weighted by molar-refractivity contribution is -0.125. The number of benzene rings is 1. The first-order valence-corrected chi connectivity index (χ1v) is 14.1. The van der Waals surface area contributed by atoms with Crippen LogP contribution < -0.4 is 16.0 Å². The average Bonchev–Trinajstić information content (AvgIpc) is 2.95. The first-order valence-electron chi connectivity index (χ1n) is 14.1. The van der Waals surface area contributed by atoms with E-state index in [1.807, 2.05) is 0 Å². The highest BCUT2D eigenvalue weighted by Crippen LogP contribution is 2.21. The van der Waals surface area contributed by atoms with Crippen molar-refractivity contribution in [3.63, 3.8) is 0 Å². The van der Waals surface area contributed by atoms with Gasteiger partial charge in [0.05, 0.1) is 0 Å². The number of aromatic hydroxyl groups is 1. The maximum absolute atomic E-state index is 11.9. The van der Waals surface area contributed by atoms with Gasteiger partial charge in [0.2, 0.25) is 5.91 Å². The van der Waals surface area contributed by atoms with Crippen LogP contribution in [-0.2, 0) is 9.53 Å². The van der Waals surface area contributed by atoms with Crippen molar-refractivity contribution in [3.05, 3.63) is 84.5 Å². The summed E-state index contributed by atoms with van der Waals surface area (Å²) in [5, 5.41) is 26.2. The third-order valence-corrected chi connectivity index (χ3v) is 5.52. The van der Waals surface area contributed by atoms with E-state index in [0.29, 0.717) is 6.61 Å². The number of carboxylic acid groups (broad SMARTS) is 1. The second-order valence-electron chi connectivity index (χ2n) is 9.02. The standard InChI is InChI=1S/C32H45N3O6/c1-2-3-4-5-6-7-8-9-10-11-12-13-14-15-16-17-18-19-24-41-26-30(37)33-22-23-34-32(40)35-27-20-21-29(36)28(25-27)31(38)39/h3-4,6-7,9-10,12-13,15-16,20-21,25,36H,2,5,8,11,14,17-19,22-24,26H2,1H3,(H,33,37)(H,38,39)(H2,34,35,40)/b4-3-,7-6-,10-9-,13-12-,16-15-. The number of phenols is 1. The van der Waals surface area contributed by atoms with Crippen LogP contribution in [0.15, 0.2) is 79.0 Å². The van der Waals surface area contributed by atoms with Gasteiger partial charge in [-0.15, -0.1) is 0 Å². The zero-order valence-electron chi connectivity index (χ0n) is 24.0. The summed E-state index contributed by atoms with van der Waals surface area (Å²) in [6, 6.07) is 3.15. The lowest BCUT2D eigenvalue weighted by Crippen LogP contribution is -2.38. The molecule has 0 fully saturated rings. The van der Waals surface area contributed by atoms with E-state index < -0.39 is 17.7 Å². The van der Waals surface area contributed by atoms with Gasteiger partial charge in [0, 0.05) is 25.4 Å². The summed E-state index contributed by atoms with van der Waals surface area (Å²) in [6.45, 7) is 2.99. The number of carboxylic acids is 1. The Morgan fingerprint density at radius 1 is 0.805 bits per heavy atom. The molecule has 5 N–H and O–H groups in total. The highest BCUT2D eigenvalue weighted by Gasteiger charge is 2.11. The molecule has 1 rings (SSSR count). The molecular formula is C32H45N3O6. The molecule has 0 saturated carbocycles. The van der Waals surface area contributed by atoms with Crippen molar-refractivity contribution in [1.82, 2.24) is 10.6 Å². The Morgan fingerprint density at radius 2 is 1.39 bits per heavy atom. The molecule has 0 aliphatic carbocycles. The second-order valence-corrected chi connectivity index (χ2v) is 9.02. The molecule has 9 heteroatoms. The molecule has 41 heavy (non-hydrogen) atoms.